The lowest BCUT2D eigenvalue weighted by molar-refractivity contribution is 1.18. The Morgan fingerprint density at radius 3 is 1.89 bits per heavy atom. The highest BCUT2D eigenvalue weighted by molar-refractivity contribution is 6.32. The molecule has 0 aliphatic rings. The highest BCUT2D eigenvalue weighted by Crippen LogP contribution is 2.42. The van der Waals surface area contributed by atoms with Crippen molar-refractivity contribution >= 4 is 54.4 Å². The van der Waals surface area contributed by atoms with Crippen molar-refractivity contribution < 1.29 is 0 Å². The van der Waals surface area contributed by atoms with E-state index in [1.165, 1.54) is 0 Å². The van der Waals surface area contributed by atoms with Crippen molar-refractivity contribution in [3.05, 3.63) is 102 Å². The van der Waals surface area contributed by atoms with Gasteiger partial charge in [-0.2, -0.15) is 10.5 Å². The molecule has 5 nitrogen and oxygen atoms in total. The fraction of sp³-hybridized carbons (Fsp3) is 0. The molecule has 0 spiro atoms. The van der Waals surface area contributed by atoms with Crippen LogP contribution in [0.4, 0.5) is 0 Å². The maximum atomic E-state index is 9.75. The molecule has 0 saturated heterocycles. The fourth-order valence-corrected chi connectivity index (χ4v) is 5.24. The molecule has 0 aliphatic heterocycles. The number of hydrogen-bond donors (Lipinski definition) is 0. The van der Waals surface area contributed by atoms with Crippen LogP contribution in [0.15, 0.2) is 91.0 Å². The van der Waals surface area contributed by atoms with Crippen molar-refractivity contribution in [1.82, 2.24) is 14.5 Å². The van der Waals surface area contributed by atoms with Crippen molar-refractivity contribution in [2.24, 2.45) is 0 Å². The normalized spacial score (nSPS) is 11.4. The number of benzene rings is 5. The first-order chi connectivity index (χ1) is 17.3. The Bertz CT molecular complexity index is 2070. The van der Waals surface area contributed by atoms with E-state index in [0.29, 0.717) is 11.0 Å². The van der Waals surface area contributed by atoms with E-state index in [9.17, 15) is 10.5 Å². The molecule has 2 heterocycles. The maximum absolute atomic E-state index is 9.75. The summed E-state index contributed by atoms with van der Waals surface area (Å²) in [5.41, 5.74) is 4.46. The molecule has 0 radical (unpaired) electrons. The number of hydrogen-bond acceptors (Lipinski definition) is 4. The number of fused-ring (bicyclic) bond motifs is 10. The van der Waals surface area contributed by atoms with E-state index in [1.807, 2.05) is 54.6 Å². The standard InChI is InChI=1S/C30H15N5/c31-16-24-25(17-32)34-29-27-21(19-10-4-5-12-22(19)28(29)33-24)14-15-23-20-11-6-7-13-26(20)35(30(23)27)18-8-2-1-3-9-18/h1-15H. The number of nitrogens with zero attached hydrogens (tertiary/aromatic N) is 5. The van der Waals surface area contributed by atoms with Gasteiger partial charge in [-0.1, -0.05) is 72.8 Å². The van der Waals surface area contributed by atoms with Gasteiger partial charge < -0.3 is 4.57 Å². The van der Waals surface area contributed by atoms with E-state index in [2.05, 4.69) is 58.1 Å². The Kier molecular flexibility index (Phi) is 3.91. The van der Waals surface area contributed by atoms with Crippen molar-refractivity contribution in [2.75, 3.05) is 0 Å². The van der Waals surface area contributed by atoms with E-state index in [0.717, 1.165) is 49.0 Å². The predicted octanol–water partition coefficient (Wildman–Crippen LogP) is 6.78. The predicted molar refractivity (Wildman–Crippen MR) is 138 cm³/mol. The Labute approximate surface area is 199 Å². The molecule has 2 aromatic heterocycles. The number of para-hydroxylation sites is 2. The average Bonchev–Trinajstić information content (AvgIpc) is 3.27. The summed E-state index contributed by atoms with van der Waals surface area (Å²) < 4.78 is 2.26. The first kappa shape index (κ1) is 19.2. The van der Waals surface area contributed by atoms with E-state index < -0.39 is 0 Å². The third-order valence-electron chi connectivity index (χ3n) is 6.67. The van der Waals surface area contributed by atoms with Crippen LogP contribution in [0.25, 0.3) is 60.1 Å². The van der Waals surface area contributed by atoms with E-state index in [-0.39, 0.29) is 11.4 Å². The van der Waals surface area contributed by atoms with Crippen LogP contribution in [-0.4, -0.2) is 14.5 Å². The van der Waals surface area contributed by atoms with Crippen molar-refractivity contribution in [3.8, 4) is 17.8 Å². The lowest BCUT2D eigenvalue weighted by Crippen LogP contribution is -1.99. The molecule has 0 aliphatic carbocycles. The Hall–Kier alpha value is -5.26. The molecular weight excluding hydrogens is 430 g/mol. The van der Waals surface area contributed by atoms with Crippen LogP contribution in [-0.2, 0) is 0 Å². The van der Waals surface area contributed by atoms with Crippen LogP contribution in [0.5, 0.6) is 0 Å². The summed E-state index contributed by atoms with van der Waals surface area (Å²) in [5.74, 6) is 0. The zero-order valence-electron chi connectivity index (χ0n) is 18.4. The van der Waals surface area contributed by atoms with Crippen LogP contribution in [0.2, 0.25) is 0 Å². The molecule has 0 bridgehead atoms. The maximum Gasteiger partial charge on any atom is 0.177 e. The first-order valence-electron chi connectivity index (χ1n) is 11.2. The summed E-state index contributed by atoms with van der Waals surface area (Å²) in [5, 5.41) is 25.5. The summed E-state index contributed by atoms with van der Waals surface area (Å²) in [6.45, 7) is 0. The zero-order chi connectivity index (χ0) is 23.5. The summed E-state index contributed by atoms with van der Waals surface area (Å²) in [6.07, 6.45) is 0. The minimum absolute atomic E-state index is 0.0379. The minimum atomic E-state index is 0.0379. The van der Waals surface area contributed by atoms with Gasteiger partial charge in [0, 0.05) is 27.2 Å². The Morgan fingerprint density at radius 1 is 0.543 bits per heavy atom. The van der Waals surface area contributed by atoms with Crippen LogP contribution >= 0.6 is 0 Å². The molecule has 5 aromatic carbocycles. The average molecular weight is 445 g/mol. The van der Waals surface area contributed by atoms with Crippen molar-refractivity contribution in [3.63, 3.8) is 0 Å². The third-order valence-corrected chi connectivity index (χ3v) is 6.67. The zero-order valence-corrected chi connectivity index (χ0v) is 18.4. The monoisotopic (exact) mass is 445 g/mol. The minimum Gasteiger partial charge on any atom is -0.309 e. The van der Waals surface area contributed by atoms with Gasteiger partial charge in [-0.05, 0) is 29.0 Å². The van der Waals surface area contributed by atoms with Crippen molar-refractivity contribution in [1.29, 1.82) is 10.5 Å². The first-order valence-corrected chi connectivity index (χ1v) is 11.2. The van der Waals surface area contributed by atoms with Crippen LogP contribution in [0, 0.1) is 22.7 Å². The van der Waals surface area contributed by atoms with Crippen molar-refractivity contribution in [2.45, 2.75) is 0 Å². The molecule has 0 saturated carbocycles. The second-order valence-corrected chi connectivity index (χ2v) is 8.46. The highest BCUT2D eigenvalue weighted by atomic mass is 15.0. The number of rotatable bonds is 1. The summed E-state index contributed by atoms with van der Waals surface area (Å²) in [4.78, 5) is 9.39. The molecule has 160 valence electrons. The van der Waals surface area contributed by atoms with Gasteiger partial charge in [0.05, 0.1) is 16.6 Å². The van der Waals surface area contributed by atoms with Gasteiger partial charge in [-0.25, -0.2) is 9.97 Å². The van der Waals surface area contributed by atoms with Gasteiger partial charge in [0.1, 0.15) is 17.7 Å². The van der Waals surface area contributed by atoms with Gasteiger partial charge in [-0.15, -0.1) is 0 Å². The fourth-order valence-electron chi connectivity index (χ4n) is 5.24. The van der Waals surface area contributed by atoms with Gasteiger partial charge in [0.25, 0.3) is 0 Å². The van der Waals surface area contributed by atoms with Gasteiger partial charge in [-0.3, -0.25) is 0 Å². The summed E-state index contributed by atoms with van der Waals surface area (Å²) in [6, 6.07) is 35.0. The van der Waals surface area contributed by atoms with E-state index in [4.69, 9.17) is 4.98 Å². The van der Waals surface area contributed by atoms with E-state index >= 15 is 0 Å². The second kappa shape index (κ2) is 7.12. The van der Waals surface area contributed by atoms with Crippen LogP contribution < -0.4 is 0 Å². The third kappa shape index (κ3) is 2.55. The largest absolute Gasteiger partial charge is 0.309 e. The second-order valence-electron chi connectivity index (χ2n) is 8.46. The lowest BCUT2D eigenvalue weighted by Gasteiger charge is -2.14. The molecule has 0 N–H and O–H groups in total. The smallest absolute Gasteiger partial charge is 0.177 e. The molecule has 0 unspecified atom stereocenters. The molecule has 7 aromatic rings. The number of nitriles is 2. The molecule has 0 fully saturated rings. The van der Waals surface area contributed by atoms with Gasteiger partial charge >= 0.3 is 0 Å². The van der Waals surface area contributed by atoms with Crippen LogP contribution in [0.1, 0.15) is 11.4 Å². The summed E-state index contributed by atoms with van der Waals surface area (Å²) in [7, 11) is 0. The lowest BCUT2D eigenvalue weighted by atomic mass is 9.97. The molecular formula is C30H15N5. The molecule has 35 heavy (non-hydrogen) atoms. The molecule has 0 atom stereocenters. The Balaban J connectivity index is 1.86. The van der Waals surface area contributed by atoms with E-state index in [1.54, 1.807) is 0 Å². The topological polar surface area (TPSA) is 78.3 Å². The molecule has 5 heteroatoms. The molecule has 0 amide bonds. The van der Waals surface area contributed by atoms with Gasteiger partial charge in [0.2, 0.25) is 0 Å². The Morgan fingerprint density at radius 2 is 1.14 bits per heavy atom. The quantitative estimate of drug-likeness (QED) is 0.261. The highest BCUT2D eigenvalue weighted by Gasteiger charge is 2.21. The SMILES string of the molecule is N#Cc1nc2c3ccccc3c3ccc4c5ccccc5n(-c5ccccc5)c4c3c2nc1C#N. The van der Waals surface area contributed by atoms with Gasteiger partial charge in [0.15, 0.2) is 11.4 Å². The molecule has 7 rings (SSSR count). The number of aromatic nitrogens is 3. The summed E-state index contributed by atoms with van der Waals surface area (Å²) >= 11 is 0. The van der Waals surface area contributed by atoms with Crippen LogP contribution in [0.3, 0.4) is 0 Å².